The lowest BCUT2D eigenvalue weighted by atomic mass is 10.1. The number of nitrogens with zero attached hydrogens (tertiary/aromatic N) is 5. The molecule has 0 radical (unpaired) electrons. The van der Waals surface area contributed by atoms with E-state index in [1.165, 1.54) is 0 Å². The van der Waals surface area contributed by atoms with Crippen molar-refractivity contribution in [2.75, 3.05) is 31.1 Å². The van der Waals surface area contributed by atoms with E-state index in [2.05, 4.69) is 14.9 Å². The third kappa shape index (κ3) is 4.77. The first kappa shape index (κ1) is 20.9. The van der Waals surface area contributed by atoms with Crippen molar-refractivity contribution in [3.63, 3.8) is 0 Å². The van der Waals surface area contributed by atoms with Gasteiger partial charge in [-0.1, -0.05) is 60.7 Å². The summed E-state index contributed by atoms with van der Waals surface area (Å²) in [6.07, 6.45) is 5.95. The Morgan fingerprint density at radius 1 is 0.879 bits per heavy atom. The smallest absolute Gasteiger partial charge is 0.223 e. The third-order valence-corrected chi connectivity index (χ3v) is 5.81. The molecule has 4 aromatic rings. The first-order valence-electron chi connectivity index (χ1n) is 11.2. The van der Waals surface area contributed by atoms with E-state index in [1.54, 1.807) is 18.6 Å². The molecular weight excluding hydrogens is 414 g/mol. The van der Waals surface area contributed by atoms with Gasteiger partial charge in [-0.25, -0.2) is 9.97 Å². The van der Waals surface area contributed by atoms with Crippen molar-refractivity contribution >= 4 is 11.7 Å². The molecule has 0 atom stereocenters. The van der Waals surface area contributed by atoms with E-state index in [9.17, 15) is 4.79 Å². The van der Waals surface area contributed by atoms with Gasteiger partial charge in [0, 0.05) is 62.5 Å². The van der Waals surface area contributed by atoms with E-state index in [0.29, 0.717) is 31.8 Å². The van der Waals surface area contributed by atoms with E-state index in [0.717, 1.165) is 41.5 Å². The molecule has 0 spiro atoms. The first-order chi connectivity index (χ1) is 16.3. The molecule has 166 valence electrons. The van der Waals surface area contributed by atoms with Gasteiger partial charge in [0.2, 0.25) is 5.91 Å². The van der Waals surface area contributed by atoms with Gasteiger partial charge in [-0.3, -0.25) is 9.78 Å². The molecule has 0 aliphatic carbocycles. The number of hydrogen-bond acceptors (Lipinski definition) is 6. The van der Waals surface area contributed by atoms with Crippen LogP contribution in [0.1, 0.15) is 12.3 Å². The number of aryl methyl sites for hydroxylation is 1. The van der Waals surface area contributed by atoms with Gasteiger partial charge in [-0.05, 0) is 0 Å². The number of aromatic nitrogens is 3. The topological polar surface area (TPSA) is 75.4 Å². The maximum Gasteiger partial charge on any atom is 0.223 e. The second-order valence-corrected chi connectivity index (χ2v) is 7.95. The van der Waals surface area contributed by atoms with Gasteiger partial charge in [-0.15, -0.1) is 0 Å². The fourth-order valence-electron chi connectivity index (χ4n) is 4.06. The molecule has 2 aromatic heterocycles. The Kier molecular flexibility index (Phi) is 6.10. The van der Waals surface area contributed by atoms with Crippen LogP contribution in [0.2, 0.25) is 0 Å². The zero-order valence-electron chi connectivity index (χ0n) is 18.3. The zero-order chi connectivity index (χ0) is 22.5. The summed E-state index contributed by atoms with van der Waals surface area (Å²) >= 11 is 0. The van der Waals surface area contributed by atoms with E-state index in [4.69, 9.17) is 9.40 Å². The predicted molar refractivity (Wildman–Crippen MR) is 127 cm³/mol. The molecule has 3 heterocycles. The largest absolute Gasteiger partial charge is 0.440 e. The summed E-state index contributed by atoms with van der Waals surface area (Å²) in [7, 11) is 0. The maximum absolute atomic E-state index is 12.9. The Morgan fingerprint density at radius 2 is 1.58 bits per heavy atom. The van der Waals surface area contributed by atoms with E-state index < -0.39 is 0 Å². The second kappa shape index (κ2) is 9.65. The molecule has 33 heavy (non-hydrogen) atoms. The van der Waals surface area contributed by atoms with Crippen molar-refractivity contribution < 1.29 is 9.21 Å². The van der Waals surface area contributed by atoms with E-state index in [1.807, 2.05) is 65.6 Å². The fourth-order valence-corrected chi connectivity index (χ4v) is 4.06. The number of carbonyl (C=O) groups is 1. The number of rotatable bonds is 6. The molecule has 1 fully saturated rings. The normalized spacial score (nSPS) is 13.8. The number of hydrogen-bond donors (Lipinski definition) is 0. The SMILES string of the molecule is O=C(CCc1nc(-c2ccccc2)c(-c2ccccc2)o1)N1CCN(c2cnccn2)CC1. The summed E-state index contributed by atoms with van der Waals surface area (Å²) in [4.78, 5) is 30.2. The predicted octanol–water partition coefficient (Wildman–Crippen LogP) is 4.08. The summed E-state index contributed by atoms with van der Waals surface area (Å²) in [5, 5.41) is 0. The molecule has 1 saturated heterocycles. The summed E-state index contributed by atoms with van der Waals surface area (Å²) in [5.74, 6) is 2.29. The molecule has 0 N–H and O–H groups in total. The van der Waals surface area contributed by atoms with Crippen molar-refractivity contribution in [1.82, 2.24) is 19.9 Å². The summed E-state index contributed by atoms with van der Waals surface area (Å²) < 4.78 is 6.16. The van der Waals surface area contributed by atoms with Crippen molar-refractivity contribution in [2.45, 2.75) is 12.8 Å². The van der Waals surface area contributed by atoms with Gasteiger partial charge in [0.15, 0.2) is 11.7 Å². The molecule has 0 bridgehead atoms. The van der Waals surface area contributed by atoms with Crippen molar-refractivity contribution in [1.29, 1.82) is 0 Å². The molecule has 1 aliphatic rings. The lowest BCUT2D eigenvalue weighted by Crippen LogP contribution is -2.49. The second-order valence-electron chi connectivity index (χ2n) is 7.95. The molecule has 0 saturated carbocycles. The Morgan fingerprint density at radius 3 is 2.24 bits per heavy atom. The molecule has 1 aliphatic heterocycles. The van der Waals surface area contributed by atoms with Crippen LogP contribution in [0.5, 0.6) is 0 Å². The lowest BCUT2D eigenvalue weighted by Gasteiger charge is -2.35. The average molecular weight is 440 g/mol. The van der Waals surface area contributed by atoms with Crippen LogP contribution in [-0.2, 0) is 11.2 Å². The molecular formula is C26H25N5O2. The van der Waals surface area contributed by atoms with E-state index >= 15 is 0 Å². The van der Waals surface area contributed by atoms with Gasteiger partial charge in [-0.2, -0.15) is 0 Å². The number of amides is 1. The highest BCUT2D eigenvalue weighted by molar-refractivity contribution is 5.78. The number of benzene rings is 2. The minimum absolute atomic E-state index is 0.120. The minimum Gasteiger partial charge on any atom is -0.440 e. The Bertz CT molecular complexity index is 1130. The van der Waals surface area contributed by atoms with Gasteiger partial charge in [0.05, 0.1) is 6.20 Å². The third-order valence-electron chi connectivity index (χ3n) is 5.81. The highest BCUT2D eigenvalue weighted by Gasteiger charge is 2.23. The van der Waals surface area contributed by atoms with Crippen LogP contribution in [0.3, 0.4) is 0 Å². The first-order valence-corrected chi connectivity index (χ1v) is 11.2. The number of oxazole rings is 1. The lowest BCUT2D eigenvalue weighted by molar-refractivity contribution is -0.131. The zero-order valence-corrected chi connectivity index (χ0v) is 18.3. The monoisotopic (exact) mass is 439 g/mol. The summed E-state index contributed by atoms with van der Waals surface area (Å²) in [6, 6.07) is 20.0. The highest BCUT2D eigenvalue weighted by atomic mass is 16.4. The maximum atomic E-state index is 12.9. The fraction of sp³-hybridized carbons (Fsp3) is 0.231. The van der Waals surface area contributed by atoms with Crippen molar-refractivity contribution in [3.8, 4) is 22.6 Å². The molecule has 0 unspecified atom stereocenters. The Balaban J connectivity index is 1.25. The van der Waals surface area contributed by atoms with Crippen LogP contribution >= 0.6 is 0 Å². The van der Waals surface area contributed by atoms with Crippen molar-refractivity contribution in [2.24, 2.45) is 0 Å². The standard InChI is InChI=1S/C26H25N5O2/c32-24(31-17-15-30(16-18-31)22-19-27-13-14-28-22)12-11-23-29-25(20-7-3-1-4-8-20)26(33-23)21-9-5-2-6-10-21/h1-10,13-14,19H,11-12,15-18H2. The summed E-state index contributed by atoms with van der Waals surface area (Å²) in [5.41, 5.74) is 2.78. The highest BCUT2D eigenvalue weighted by Crippen LogP contribution is 2.32. The Hall–Kier alpha value is -4.00. The van der Waals surface area contributed by atoms with Crippen LogP contribution in [-0.4, -0.2) is 51.9 Å². The number of piperazine rings is 1. The van der Waals surface area contributed by atoms with Crippen LogP contribution < -0.4 is 4.90 Å². The summed E-state index contributed by atoms with van der Waals surface area (Å²) in [6.45, 7) is 2.84. The van der Waals surface area contributed by atoms with Crippen LogP contribution in [0.25, 0.3) is 22.6 Å². The average Bonchev–Trinajstić information content (AvgIpc) is 3.33. The molecule has 5 rings (SSSR count). The van der Waals surface area contributed by atoms with Crippen LogP contribution in [0.15, 0.2) is 83.7 Å². The number of anilines is 1. The molecule has 7 heteroatoms. The quantitative estimate of drug-likeness (QED) is 0.451. The Labute approximate surface area is 192 Å². The van der Waals surface area contributed by atoms with Gasteiger partial charge in [0.1, 0.15) is 11.5 Å². The molecule has 2 aromatic carbocycles. The van der Waals surface area contributed by atoms with Gasteiger partial charge >= 0.3 is 0 Å². The number of carbonyl (C=O) groups excluding carboxylic acids is 1. The van der Waals surface area contributed by atoms with Crippen LogP contribution in [0.4, 0.5) is 5.82 Å². The van der Waals surface area contributed by atoms with Crippen LogP contribution in [0, 0.1) is 0 Å². The minimum atomic E-state index is 0.120. The van der Waals surface area contributed by atoms with E-state index in [-0.39, 0.29) is 5.91 Å². The van der Waals surface area contributed by atoms with Gasteiger partial charge in [0.25, 0.3) is 0 Å². The molecule has 7 nitrogen and oxygen atoms in total. The molecule has 1 amide bonds. The van der Waals surface area contributed by atoms with Gasteiger partial charge < -0.3 is 14.2 Å². The van der Waals surface area contributed by atoms with Crippen molar-refractivity contribution in [3.05, 3.63) is 85.1 Å².